The van der Waals surface area contributed by atoms with Crippen LogP contribution in [0.15, 0.2) is 0 Å². The van der Waals surface area contributed by atoms with Crippen LogP contribution in [-0.2, 0) is 26.8 Å². The third kappa shape index (κ3) is 6.45. The van der Waals surface area contributed by atoms with E-state index in [0.29, 0.717) is 0 Å². The second kappa shape index (κ2) is 6.68. The molecule has 1 aliphatic carbocycles. The first-order valence-corrected chi connectivity index (χ1v) is 10.4. The molecule has 0 spiro atoms. The Hall–Kier alpha value is 0.330. The fourth-order valence-electron chi connectivity index (χ4n) is 2.08. The zero-order chi connectivity index (χ0) is 17.4. The molecule has 0 radical (unpaired) electrons. The first-order chi connectivity index (χ1) is 9.64. The normalized spacial score (nSPS) is 35.0. The van der Waals surface area contributed by atoms with Crippen molar-refractivity contribution in [2.75, 3.05) is 6.61 Å². The molecule has 0 amide bonds. The van der Waals surface area contributed by atoms with Crippen LogP contribution < -0.4 is 0 Å². The lowest BCUT2D eigenvalue weighted by Crippen LogP contribution is -2.41. The van der Waals surface area contributed by atoms with E-state index in [1.165, 1.54) is 0 Å². The van der Waals surface area contributed by atoms with Crippen LogP contribution in [0.3, 0.4) is 0 Å². The van der Waals surface area contributed by atoms with Crippen molar-refractivity contribution < 1.29 is 56.6 Å². The Bertz CT molecular complexity index is 543. The van der Waals surface area contributed by atoms with Gasteiger partial charge in [-0.15, -0.1) is 0 Å². The molecule has 1 fully saturated rings. The zero-order valence-electron chi connectivity index (χ0n) is 11.3. The summed E-state index contributed by atoms with van der Waals surface area (Å²) in [6, 6.07) is 0. The van der Waals surface area contributed by atoms with E-state index in [1.54, 1.807) is 6.92 Å². The van der Waals surface area contributed by atoms with Crippen LogP contribution in [0.5, 0.6) is 0 Å². The molecular formula is C7H17O12P3. The van der Waals surface area contributed by atoms with E-state index in [-0.39, 0.29) is 18.8 Å². The topological polar surface area (TPSA) is 200 Å². The van der Waals surface area contributed by atoms with Crippen molar-refractivity contribution >= 4 is 23.5 Å². The standard InChI is InChI=1S/C7H17O12P3/c1-5-2-6(8)7(9,3-5)4-17-21(13,14)19-22(15,16)18-20(10,11)12/h5-6,8-9H,2-4H2,1H3,(H,13,14)(H,15,16)(H2,10,11,12)/t5-,6+,7-/m0/s1. The molecule has 0 saturated heterocycles. The SMILES string of the molecule is C[C@H]1C[C@@H](O)[C@@](O)(COP(=O)(O)OP(=O)(O)OP(=O)(O)O)C1. The molecule has 0 aromatic carbocycles. The molecule has 22 heavy (non-hydrogen) atoms. The van der Waals surface area contributed by atoms with Gasteiger partial charge in [0, 0.05) is 0 Å². The second-order valence-corrected chi connectivity index (χ2v) is 9.45. The van der Waals surface area contributed by atoms with E-state index in [1.807, 2.05) is 0 Å². The number of hydrogen-bond donors (Lipinski definition) is 6. The van der Waals surface area contributed by atoms with E-state index in [2.05, 4.69) is 13.1 Å². The van der Waals surface area contributed by atoms with Gasteiger partial charge in [-0.2, -0.15) is 8.62 Å². The maximum atomic E-state index is 11.5. The van der Waals surface area contributed by atoms with Crippen LogP contribution in [0.2, 0.25) is 0 Å². The summed E-state index contributed by atoms with van der Waals surface area (Å²) in [6.45, 7) is 0.814. The van der Waals surface area contributed by atoms with Crippen LogP contribution in [-0.4, -0.2) is 48.1 Å². The molecule has 0 aromatic rings. The minimum Gasteiger partial charge on any atom is -0.390 e. The Kier molecular flexibility index (Phi) is 6.19. The molecule has 2 unspecified atom stereocenters. The van der Waals surface area contributed by atoms with Crippen LogP contribution >= 0.6 is 23.5 Å². The molecule has 0 heterocycles. The number of phosphoric ester groups is 1. The molecule has 0 aliphatic heterocycles. The summed E-state index contributed by atoms with van der Waals surface area (Å²) in [5, 5.41) is 19.7. The molecule has 132 valence electrons. The Morgan fingerprint density at radius 1 is 1.09 bits per heavy atom. The summed E-state index contributed by atoms with van der Waals surface area (Å²) in [7, 11) is -16.3. The molecule has 15 heteroatoms. The lowest BCUT2D eigenvalue weighted by molar-refractivity contribution is -0.0835. The molecule has 6 N–H and O–H groups in total. The van der Waals surface area contributed by atoms with Crippen LogP contribution in [0.25, 0.3) is 0 Å². The fraction of sp³-hybridized carbons (Fsp3) is 1.00. The molecular weight excluding hydrogens is 369 g/mol. The van der Waals surface area contributed by atoms with E-state index in [4.69, 9.17) is 14.7 Å². The van der Waals surface area contributed by atoms with Gasteiger partial charge in [-0.3, -0.25) is 4.52 Å². The average molecular weight is 386 g/mol. The molecule has 1 saturated carbocycles. The van der Waals surface area contributed by atoms with Crippen molar-refractivity contribution in [3.8, 4) is 0 Å². The van der Waals surface area contributed by atoms with Crippen molar-refractivity contribution in [1.82, 2.24) is 0 Å². The summed E-state index contributed by atoms with van der Waals surface area (Å²) < 4.78 is 44.3. The smallest absolute Gasteiger partial charge is 0.390 e. The van der Waals surface area contributed by atoms with Gasteiger partial charge in [0.2, 0.25) is 0 Å². The monoisotopic (exact) mass is 386 g/mol. The minimum atomic E-state index is -5.59. The highest BCUT2D eigenvalue weighted by atomic mass is 31.3. The number of hydrogen-bond acceptors (Lipinski definition) is 8. The number of aliphatic hydroxyl groups excluding tert-OH is 1. The summed E-state index contributed by atoms with van der Waals surface area (Å²) in [5.41, 5.74) is -1.86. The third-order valence-electron chi connectivity index (χ3n) is 2.84. The van der Waals surface area contributed by atoms with Crippen molar-refractivity contribution in [1.29, 1.82) is 0 Å². The van der Waals surface area contributed by atoms with E-state index in [0.717, 1.165) is 0 Å². The predicted molar refractivity (Wildman–Crippen MR) is 69.2 cm³/mol. The van der Waals surface area contributed by atoms with Crippen molar-refractivity contribution in [3.05, 3.63) is 0 Å². The lowest BCUT2D eigenvalue weighted by atomic mass is 10.0. The average Bonchev–Trinajstić information content (AvgIpc) is 2.45. The molecule has 1 aliphatic rings. The lowest BCUT2D eigenvalue weighted by Gasteiger charge is -2.27. The van der Waals surface area contributed by atoms with E-state index in [9.17, 15) is 28.8 Å². The van der Waals surface area contributed by atoms with Gasteiger partial charge in [0.15, 0.2) is 0 Å². The van der Waals surface area contributed by atoms with Gasteiger partial charge in [-0.05, 0) is 18.8 Å². The Labute approximate surface area is 125 Å². The molecule has 5 atom stereocenters. The van der Waals surface area contributed by atoms with E-state index >= 15 is 0 Å². The van der Waals surface area contributed by atoms with Gasteiger partial charge >= 0.3 is 23.5 Å². The maximum Gasteiger partial charge on any atom is 0.490 e. The highest BCUT2D eigenvalue weighted by Gasteiger charge is 2.47. The second-order valence-electron chi connectivity index (χ2n) is 5.03. The van der Waals surface area contributed by atoms with Gasteiger partial charge in [-0.1, -0.05) is 6.92 Å². The third-order valence-corrected chi connectivity index (χ3v) is 6.62. The van der Waals surface area contributed by atoms with Gasteiger partial charge in [0.1, 0.15) is 5.60 Å². The summed E-state index contributed by atoms with van der Waals surface area (Å²) >= 11 is 0. The highest BCUT2D eigenvalue weighted by Crippen LogP contribution is 2.66. The van der Waals surface area contributed by atoms with Crippen LogP contribution in [0, 0.1) is 5.92 Å². The quantitative estimate of drug-likeness (QED) is 0.317. The predicted octanol–water partition coefficient (Wildman–Crippen LogP) is -0.148. The Morgan fingerprint density at radius 2 is 1.64 bits per heavy atom. The molecule has 0 aromatic heterocycles. The van der Waals surface area contributed by atoms with Gasteiger partial charge in [-0.25, -0.2) is 13.7 Å². The van der Waals surface area contributed by atoms with Crippen LogP contribution in [0.4, 0.5) is 0 Å². The fourth-order valence-corrected chi connectivity index (χ4v) is 5.16. The largest absolute Gasteiger partial charge is 0.490 e. The van der Waals surface area contributed by atoms with Crippen molar-refractivity contribution in [2.45, 2.75) is 31.5 Å². The summed E-state index contributed by atoms with van der Waals surface area (Å²) in [6.07, 6.45) is -0.977. The molecule has 12 nitrogen and oxygen atoms in total. The highest BCUT2D eigenvalue weighted by molar-refractivity contribution is 7.66. The van der Waals surface area contributed by atoms with E-state index < -0.39 is 41.8 Å². The van der Waals surface area contributed by atoms with Gasteiger partial charge < -0.3 is 29.8 Å². The van der Waals surface area contributed by atoms with Gasteiger partial charge in [0.25, 0.3) is 0 Å². The number of aliphatic hydroxyl groups is 2. The zero-order valence-corrected chi connectivity index (χ0v) is 13.9. The van der Waals surface area contributed by atoms with Crippen LogP contribution in [0.1, 0.15) is 19.8 Å². The molecule has 0 bridgehead atoms. The number of phosphoric acid groups is 3. The van der Waals surface area contributed by atoms with Crippen molar-refractivity contribution in [3.63, 3.8) is 0 Å². The minimum absolute atomic E-state index is 0.0456. The summed E-state index contributed by atoms with van der Waals surface area (Å²) in [4.78, 5) is 34.9. The van der Waals surface area contributed by atoms with Gasteiger partial charge in [0.05, 0.1) is 12.7 Å². The Morgan fingerprint density at radius 3 is 2.05 bits per heavy atom. The first-order valence-electron chi connectivity index (χ1n) is 5.83. The number of rotatable bonds is 7. The Balaban J connectivity index is 2.67. The molecule has 1 rings (SSSR count). The first kappa shape index (κ1) is 20.4. The van der Waals surface area contributed by atoms with Crippen molar-refractivity contribution in [2.24, 2.45) is 5.92 Å². The summed E-state index contributed by atoms with van der Waals surface area (Å²) in [5.74, 6) is -0.0930. The maximum absolute atomic E-state index is 11.5.